The molecule has 196 valence electrons. The quantitative estimate of drug-likeness (QED) is 0.365. The van der Waals surface area contributed by atoms with Crippen molar-refractivity contribution in [1.82, 2.24) is 34.0 Å². The molecule has 0 N–H and O–H groups in total. The minimum atomic E-state index is -3.77. The van der Waals surface area contributed by atoms with Gasteiger partial charge in [0.05, 0.1) is 23.6 Å². The number of hydrogen-bond donors (Lipinski definition) is 0. The summed E-state index contributed by atoms with van der Waals surface area (Å²) < 4.78 is 45.2. The van der Waals surface area contributed by atoms with Gasteiger partial charge in [-0.1, -0.05) is 19.1 Å². The van der Waals surface area contributed by atoms with Gasteiger partial charge < -0.3 is 0 Å². The smallest absolute Gasteiger partial charge is 0.264 e. The molecule has 9 nitrogen and oxygen atoms in total. The number of hydrogen-bond acceptors (Lipinski definition) is 6. The largest absolute Gasteiger partial charge is 0.293 e. The van der Waals surface area contributed by atoms with Crippen molar-refractivity contribution in [3.63, 3.8) is 0 Å². The third-order valence-electron chi connectivity index (χ3n) is 6.89. The molecule has 2 aromatic heterocycles. The lowest BCUT2D eigenvalue weighted by atomic mass is 9.96. The van der Waals surface area contributed by atoms with Crippen molar-refractivity contribution < 1.29 is 12.8 Å². The third kappa shape index (κ3) is 4.90. The first-order valence-corrected chi connectivity index (χ1v) is 14.0. The normalized spacial score (nSPS) is 17.7. The Labute approximate surface area is 216 Å². The molecule has 3 heterocycles. The van der Waals surface area contributed by atoms with E-state index in [1.54, 1.807) is 23.0 Å². The number of halogens is 1. The lowest BCUT2D eigenvalue weighted by Gasteiger charge is -2.42. The summed E-state index contributed by atoms with van der Waals surface area (Å²) in [4.78, 5) is 2.37. The Bertz CT molecular complexity index is 1510. The zero-order chi connectivity index (χ0) is 26.3. The highest BCUT2D eigenvalue weighted by atomic mass is 32.2. The number of piperazine rings is 1. The molecule has 1 fully saturated rings. The lowest BCUT2D eigenvalue weighted by Crippen LogP contribution is -2.51. The maximum Gasteiger partial charge on any atom is 0.264 e. The van der Waals surface area contributed by atoms with Crippen LogP contribution in [-0.2, 0) is 16.6 Å². The monoisotopic (exact) mass is 525 g/mol. The van der Waals surface area contributed by atoms with Crippen LogP contribution < -0.4 is 0 Å². The van der Waals surface area contributed by atoms with E-state index in [1.165, 1.54) is 27.3 Å². The predicted molar refractivity (Wildman–Crippen MR) is 139 cm³/mol. The van der Waals surface area contributed by atoms with Crippen LogP contribution in [0.2, 0.25) is 0 Å². The van der Waals surface area contributed by atoms with Crippen LogP contribution >= 0.6 is 0 Å². The maximum absolute atomic E-state index is 13.5. The molecule has 0 radical (unpaired) electrons. The highest BCUT2D eigenvalue weighted by molar-refractivity contribution is 7.89. The molecule has 0 saturated carbocycles. The van der Waals surface area contributed by atoms with Crippen LogP contribution in [0.4, 0.5) is 4.39 Å². The molecule has 0 spiro atoms. The van der Waals surface area contributed by atoms with Gasteiger partial charge in [0.1, 0.15) is 5.82 Å². The molecule has 5 rings (SSSR count). The topological polar surface area (TPSA) is 89.2 Å². The SMILES string of the molecule is CCn1cc(S(=O)(=O)N2CCN(CC(C)C)C(c3cc4cnn(-c5ccc(F)cc5)c4cc3C)C2)nn1. The molecular formula is C26H32FN7O2S. The molecule has 11 heteroatoms. The molecule has 0 bridgehead atoms. The Morgan fingerprint density at radius 2 is 1.89 bits per heavy atom. The zero-order valence-electron chi connectivity index (χ0n) is 21.5. The van der Waals surface area contributed by atoms with E-state index in [1.807, 2.05) is 13.8 Å². The van der Waals surface area contributed by atoms with Gasteiger partial charge in [0.25, 0.3) is 10.0 Å². The van der Waals surface area contributed by atoms with Crippen LogP contribution in [0, 0.1) is 18.7 Å². The van der Waals surface area contributed by atoms with Crippen molar-refractivity contribution in [3.05, 3.63) is 65.7 Å². The summed E-state index contributed by atoms with van der Waals surface area (Å²) in [5, 5.41) is 13.3. The summed E-state index contributed by atoms with van der Waals surface area (Å²) in [6, 6.07) is 10.3. The van der Waals surface area contributed by atoms with Crippen molar-refractivity contribution in [3.8, 4) is 5.69 Å². The minimum Gasteiger partial charge on any atom is -0.293 e. The molecule has 0 amide bonds. The second-order valence-corrected chi connectivity index (χ2v) is 11.9. The van der Waals surface area contributed by atoms with Gasteiger partial charge in [-0.3, -0.25) is 9.58 Å². The van der Waals surface area contributed by atoms with Crippen LogP contribution in [0.3, 0.4) is 0 Å². The predicted octanol–water partition coefficient (Wildman–Crippen LogP) is 3.79. The van der Waals surface area contributed by atoms with Crippen molar-refractivity contribution in [2.45, 2.75) is 45.3 Å². The van der Waals surface area contributed by atoms with Crippen molar-refractivity contribution >= 4 is 20.9 Å². The van der Waals surface area contributed by atoms with Crippen molar-refractivity contribution in [2.24, 2.45) is 5.92 Å². The molecule has 1 aliphatic heterocycles. The summed E-state index contributed by atoms with van der Waals surface area (Å²) in [6.07, 6.45) is 3.29. The Morgan fingerprint density at radius 1 is 1.14 bits per heavy atom. The van der Waals surface area contributed by atoms with Crippen LogP contribution in [-0.4, -0.2) is 68.6 Å². The van der Waals surface area contributed by atoms with Gasteiger partial charge >= 0.3 is 0 Å². The minimum absolute atomic E-state index is 0.0156. The summed E-state index contributed by atoms with van der Waals surface area (Å²) in [7, 11) is -3.77. The van der Waals surface area contributed by atoms with Gasteiger partial charge in [-0.25, -0.2) is 17.5 Å². The Balaban J connectivity index is 1.52. The summed E-state index contributed by atoms with van der Waals surface area (Å²) in [5.41, 5.74) is 3.81. The fraction of sp³-hybridized carbons (Fsp3) is 0.423. The second kappa shape index (κ2) is 9.96. The Morgan fingerprint density at radius 3 is 2.57 bits per heavy atom. The third-order valence-corrected chi connectivity index (χ3v) is 8.61. The van der Waals surface area contributed by atoms with E-state index >= 15 is 0 Å². The fourth-order valence-electron chi connectivity index (χ4n) is 5.03. The van der Waals surface area contributed by atoms with Crippen LogP contribution in [0.1, 0.15) is 37.9 Å². The van der Waals surface area contributed by atoms with E-state index in [4.69, 9.17) is 0 Å². The lowest BCUT2D eigenvalue weighted by molar-refractivity contribution is 0.105. The Hall–Kier alpha value is -3.15. The second-order valence-electron chi connectivity index (χ2n) is 9.98. The highest BCUT2D eigenvalue weighted by Crippen LogP contribution is 2.34. The molecule has 1 aliphatic rings. The molecule has 1 atom stereocenters. The first-order chi connectivity index (χ1) is 17.7. The van der Waals surface area contributed by atoms with E-state index < -0.39 is 10.0 Å². The number of aromatic nitrogens is 5. The van der Waals surface area contributed by atoms with Crippen molar-refractivity contribution in [1.29, 1.82) is 0 Å². The fourth-order valence-corrected chi connectivity index (χ4v) is 6.34. The van der Waals surface area contributed by atoms with Crippen LogP contribution in [0.15, 0.2) is 53.8 Å². The number of nitrogens with zero attached hydrogens (tertiary/aromatic N) is 7. The standard InChI is InChI=1S/C26H32FN7O2S/c1-5-32-17-26(29-30-32)37(35,36)33-11-10-31(15-18(2)3)25(16-33)23-13-20-14-28-34(24(20)12-19(23)4)22-8-6-21(27)7-9-22/h6-9,12-14,17-18,25H,5,10-11,15-16H2,1-4H3. The number of benzene rings is 2. The van der Waals surface area contributed by atoms with Crippen LogP contribution in [0.5, 0.6) is 0 Å². The molecule has 1 saturated heterocycles. The van der Waals surface area contributed by atoms with Gasteiger partial charge in [-0.2, -0.15) is 9.40 Å². The number of sulfonamides is 1. The van der Waals surface area contributed by atoms with Gasteiger partial charge in [0.15, 0.2) is 0 Å². The van der Waals surface area contributed by atoms with E-state index in [0.717, 1.165) is 34.3 Å². The van der Waals surface area contributed by atoms with Crippen molar-refractivity contribution in [2.75, 3.05) is 26.2 Å². The molecule has 4 aromatic rings. The first kappa shape index (κ1) is 25.5. The van der Waals surface area contributed by atoms with Gasteiger partial charge in [-0.15, -0.1) is 5.10 Å². The molecule has 37 heavy (non-hydrogen) atoms. The summed E-state index contributed by atoms with van der Waals surface area (Å²) >= 11 is 0. The summed E-state index contributed by atoms with van der Waals surface area (Å²) in [6.45, 7) is 11.0. The van der Waals surface area contributed by atoms with Gasteiger partial charge in [0.2, 0.25) is 5.03 Å². The van der Waals surface area contributed by atoms with Crippen LogP contribution in [0.25, 0.3) is 16.6 Å². The first-order valence-electron chi connectivity index (χ1n) is 12.6. The van der Waals surface area contributed by atoms with Gasteiger partial charge in [0, 0.05) is 44.2 Å². The molecule has 1 unspecified atom stereocenters. The van der Waals surface area contributed by atoms with E-state index in [0.29, 0.717) is 32.1 Å². The average Bonchev–Trinajstić information content (AvgIpc) is 3.51. The van der Waals surface area contributed by atoms with Gasteiger partial charge in [-0.05, 0) is 67.3 Å². The van der Waals surface area contributed by atoms with E-state index in [2.05, 4.69) is 46.3 Å². The average molecular weight is 526 g/mol. The van der Waals surface area contributed by atoms with E-state index in [9.17, 15) is 12.8 Å². The summed E-state index contributed by atoms with van der Waals surface area (Å²) in [5.74, 6) is 0.137. The van der Waals surface area contributed by atoms with E-state index in [-0.39, 0.29) is 16.9 Å². The molecule has 2 aromatic carbocycles. The molecule has 0 aliphatic carbocycles. The zero-order valence-corrected chi connectivity index (χ0v) is 22.4. The highest BCUT2D eigenvalue weighted by Gasteiger charge is 2.37. The number of fused-ring (bicyclic) bond motifs is 1. The number of rotatable bonds is 7. The number of aryl methyl sites for hydroxylation is 2. The molecular weight excluding hydrogens is 493 g/mol. The maximum atomic E-state index is 13.5. The Kier molecular flexibility index (Phi) is 6.86.